The summed E-state index contributed by atoms with van der Waals surface area (Å²) in [5, 5.41) is 8.13. The number of carbonyl (C=O) groups is 1. The SMILES string of the molecule is CCc1ccc(S(=O)(=O)NCc2nnn3c2CN(Cc2ccccc2)C(=O)C3)cc1. The molecule has 3 aromatic rings. The molecule has 8 nitrogen and oxygen atoms in total. The molecule has 156 valence electrons. The summed E-state index contributed by atoms with van der Waals surface area (Å²) in [7, 11) is -3.67. The molecule has 0 aliphatic carbocycles. The van der Waals surface area contributed by atoms with Crippen LogP contribution < -0.4 is 4.72 Å². The van der Waals surface area contributed by atoms with E-state index in [1.165, 1.54) is 0 Å². The van der Waals surface area contributed by atoms with Gasteiger partial charge < -0.3 is 4.90 Å². The summed E-state index contributed by atoms with van der Waals surface area (Å²) in [6.07, 6.45) is 0.846. The van der Waals surface area contributed by atoms with Gasteiger partial charge >= 0.3 is 0 Å². The van der Waals surface area contributed by atoms with Crippen molar-refractivity contribution in [2.45, 2.75) is 44.4 Å². The number of fused-ring (bicyclic) bond motifs is 1. The van der Waals surface area contributed by atoms with Crippen LogP contribution in [0.3, 0.4) is 0 Å². The Hall–Kier alpha value is -3.04. The van der Waals surface area contributed by atoms with Gasteiger partial charge in [-0.2, -0.15) is 0 Å². The van der Waals surface area contributed by atoms with E-state index in [9.17, 15) is 13.2 Å². The van der Waals surface area contributed by atoms with Crippen LogP contribution in [0.2, 0.25) is 0 Å². The van der Waals surface area contributed by atoms with Crippen molar-refractivity contribution in [3.8, 4) is 0 Å². The fourth-order valence-corrected chi connectivity index (χ4v) is 4.39. The number of amides is 1. The Labute approximate surface area is 175 Å². The molecule has 1 aliphatic rings. The maximum absolute atomic E-state index is 12.6. The molecule has 0 saturated heterocycles. The number of hydrogen-bond donors (Lipinski definition) is 1. The predicted octanol–water partition coefficient (Wildman–Crippen LogP) is 1.86. The second-order valence-corrected chi connectivity index (χ2v) is 8.96. The molecule has 1 amide bonds. The Morgan fingerprint density at radius 1 is 1.00 bits per heavy atom. The summed E-state index contributed by atoms with van der Waals surface area (Å²) in [6, 6.07) is 16.5. The van der Waals surface area contributed by atoms with E-state index in [0.29, 0.717) is 18.8 Å². The van der Waals surface area contributed by atoms with E-state index in [1.807, 2.05) is 49.4 Å². The van der Waals surface area contributed by atoms with Crippen molar-refractivity contribution in [1.29, 1.82) is 0 Å². The number of hydrogen-bond acceptors (Lipinski definition) is 5. The van der Waals surface area contributed by atoms with Crippen molar-refractivity contribution in [2.24, 2.45) is 0 Å². The quantitative estimate of drug-likeness (QED) is 0.623. The van der Waals surface area contributed by atoms with Crippen LogP contribution in [0, 0.1) is 0 Å². The van der Waals surface area contributed by atoms with E-state index in [0.717, 1.165) is 23.2 Å². The summed E-state index contributed by atoms with van der Waals surface area (Å²) in [4.78, 5) is 14.4. The van der Waals surface area contributed by atoms with Crippen LogP contribution in [0.1, 0.15) is 29.4 Å². The minimum Gasteiger partial charge on any atom is -0.331 e. The third-order valence-electron chi connectivity index (χ3n) is 5.18. The molecule has 2 aromatic carbocycles. The number of rotatable bonds is 7. The largest absolute Gasteiger partial charge is 0.331 e. The van der Waals surface area contributed by atoms with Gasteiger partial charge in [0, 0.05) is 6.54 Å². The van der Waals surface area contributed by atoms with Crippen molar-refractivity contribution in [3.63, 3.8) is 0 Å². The van der Waals surface area contributed by atoms with Crippen LogP contribution in [0.25, 0.3) is 0 Å². The highest BCUT2D eigenvalue weighted by Crippen LogP contribution is 2.19. The van der Waals surface area contributed by atoms with Gasteiger partial charge in [-0.1, -0.05) is 54.6 Å². The number of benzene rings is 2. The summed E-state index contributed by atoms with van der Waals surface area (Å²) < 4.78 is 29.4. The van der Waals surface area contributed by atoms with Crippen molar-refractivity contribution < 1.29 is 13.2 Å². The maximum atomic E-state index is 12.6. The molecule has 1 aliphatic heterocycles. The van der Waals surface area contributed by atoms with Gasteiger partial charge in [0.2, 0.25) is 15.9 Å². The zero-order valence-corrected chi connectivity index (χ0v) is 17.5. The highest BCUT2D eigenvalue weighted by molar-refractivity contribution is 7.89. The summed E-state index contributed by atoms with van der Waals surface area (Å²) in [5.74, 6) is -0.0422. The third-order valence-corrected chi connectivity index (χ3v) is 6.60. The standard InChI is InChI=1S/C21H23N5O3S/c1-2-16-8-10-18(11-9-16)30(28,29)22-12-19-20-14-25(13-17-6-4-3-5-7-17)21(27)15-26(20)24-23-19/h3-11,22H,2,12-15H2,1H3. The van der Waals surface area contributed by atoms with Gasteiger partial charge in [-0.15, -0.1) is 5.10 Å². The topological polar surface area (TPSA) is 97.2 Å². The van der Waals surface area contributed by atoms with Crippen LogP contribution in [0.4, 0.5) is 0 Å². The van der Waals surface area contributed by atoms with Crippen LogP contribution in [-0.4, -0.2) is 34.2 Å². The minimum absolute atomic E-state index is 0.0144. The number of nitrogens with zero attached hydrogens (tertiary/aromatic N) is 4. The molecule has 0 fully saturated rings. The second-order valence-electron chi connectivity index (χ2n) is 7.20. The first kappa shape index (κ1) is 20.2. The summed E-state index contributed by atoms with van der Waals surface area (Å²) in [6.45, 7) is 2.95. The van der Waals surface area contributed by atoms with Crippen LogP contribution >= 0.6 is 0 Å². The number of carbonyl (C=O) groups excluding carboxylic acids is 1. The normalized spacial score (nSPS) is 14.0. The smallest absolute Gasteiger partial charge is 0.245 e. The number of aromatic nitrogens is 3. The first-order valence-electron chi connectivity index (χ1n) is 9.78. The lowest BCUT2D eigenvalue weighted by molar-refractivity contribution is -0.135. The molecule has 9 heteroatoms. The van der Waals surface area contributed by atoms with E-state index in [1.54, 1.807) is 21.7 Å². The molecule has 0 spiro atoms. The molecule has 0 unspecified atom stereocenters. The first-order valence-corrected chi connectivity index (χ1v) is 11.3. The zero-order valence-electron chi connectivity index (χ0n) is 16.7. The lowest BCUT2D eigenvalue weighted by Gasteiger charge is -2.27. The molecule has 1 aromatic heterocycles. The third kappa shape index (κ3) is 4.27. The van der Waals surface area contributed by atoms with Gasteiger partial charge in [-0.05, 0) is 29.7 Å². The fourth-order valence-electron chi connectivity index (χ4n) is 3.40. The second kappa shape index (κ2) is 8.37. The Bertz CT molecular complexity index is 1140. The van der Waals surface area contributed by atoms with Crippen molar-refractivity contribution in [1.82, 2.24) is 24.6 Å². The van der Waals surface area contributed by atoms with Gasteiger partial charge in [0.15, 0.2) is 0 Å². The Balaban J connectivity index is 1.47. The van der Waals surface area contributed by atoms with E-state index < -0.39 is 10.0 Å². The lowest BCUT2D eigenvalue weighted by Crippen LogP contribution is -2.39. The molecule has 2 heterocycles. The molecular formula is C21H23N5O3S. The molecule has 0 saturated carbocycles. The molecule has 1 N–H and O–H groups in total. The fraction of sp³-hybridized carbons (Fsp3) is 0.286. The van der Waals surface area contributed by atoms with Crippen molar-refractivity contribution in [2.75, 3.05) is 0 Å². The Morgan fingerprint density at radius 3 is 2.43 bits per heavy atom. The zero-order chi connectivity index (χ0) is 21.1. The van der Waals surface area contributed by atoms with E-state index >= 15 is 0 Å². The molecular weight excluding hydrogens is 402 g/mol. The highest BCUT2D eigenvalue weighted by atomic mass is 32.2. The van der Waals surface area contributed by atoms with Gasteiger partial charge in [0.1, 0.15) is 12.2 Å². The van der Waals surface area contributed by atoms with Gasteiger partial charge in [0.05, 0.1) is 23.7 Å². The molecule has 0 radical (unpaired) electrons. The average molecular weight is 426 g/mol. The van der Waals surface area contributed by atoms with Gasteiger partial charge in [0.25, 0.3) is 0 Å². The van der Waals surface area contributed by atoms with Crippen molar-refractivity contribution in [3.05, 3.63) is 77.1 Å². The first-order chi connectivity index (χ1) is 14.5. The lowest BCUT2D eigenvalue weighted by atomic mass is 10.2. The van der Waals surface area contributed by atoms with E-state index in [2.05, 4.69) is 15.0 Å². The predicted molar refractivity (Wildman–Crippen MR) is 111 cm³/mol. The van der Waals surface area contributed by atoms with E-state index in [-0.39, 0.29) is 23.9 Å². The van der Waals surface area contributed by atoms with Gasteiger partial charge in [-0.3, -0.25) is 4.79 Å². The molecule has 0 atom stereocenters. The Kier molecular flexibility index (Phi) is 5.65. The van der Waals surface area contributed by atoms with Crippen LogP contribution in [0.15, 0.2) is 59.5 Å². The maximum Gasteiger partial charge on any atom is 0.245 e. The summed E-state index contributed by atoms with van der Waals surface area (Å²) >= 11 is 0. The number of nitrogens with one attached hydrogen (secondary N) is 1. The van der Waals surface area contributed by atoms with Crippen LogP contribution in [-0.2, 0) is 47.4 Å². The van der Waals surface area contributed by atoms with E-state index in [4.69, 9.17) is 0 Å². The summed E-state index contributed by atoms with van der Waals surface area (Å²) in [5.41, 5.74) is 3.37. The molecule has 0 bridgehead atoms. The van der Waals surface area contributed by atoms with Crippen LogP contribution in [0.5, 0.6) is 0 Å². The number of sulfonamides is 1. The van der Waals surface area contributed by atoms with Crippen molar-refractivity contribution >= 4 is 15.9 Å². The average Bonchev–Trinajstić information content (AvgIpc) is 3.15. The minimum atomic E-state index is -3.67. The van der Waals surface area contributed by atoms with Gasteiger partial charge in [-0.25, -0.2) is 17.8 Å². The molecule has 4 rings (SSSR count). The Morgan fingerprint density at radius 2 is 1.73 bits per heavy atom. The molecule has 30 heavy (non-hydrogen) atoms. The monoisotopic (exact) mass is 425 g/mol. The number of aryl methyl sites for hydroxylation is 1. The highest BCUT2D eigenvalue weighted by Gasteiger charge is 2.27.